The summed E-state index contributed by atoms with van der Waals surface area (Å²) in [6.45, 7) is 10.8. The molecule has 0 fully saturated rings. The Bertz CT molecular complexity index is 662. The second-order valence-corrected chi connectivity index (χ2v) is 9.00. The van der Waals surface area contributed by atoms with Crippen LogP contribution >= 0.6 is 8.15 Å². The van der Waals surface area contributed by atoms with Crippen molar-refractivity contribution in [3.8, 4) is 5.88 Å². The van der Waals surface area contributed by atoms with E-state index in [1.54, 1.807) is 0 Å². The van der Waals surface area contributed by atoms with E-state index in [1.165, 1.54) is 0 Å². The monoisotopic (exact) mass is 542 g/mol. The molecule has 0 N–H and O–H groups in total. The predicted octanol–water partition coefficient (Wildman–Crippen LogP) is -0.180. The Kier molecular flexibility index (Phi) is 14.9. The minimum atomic E-state index is -0.537. The minimum absolute atomic E-state index is 0. The molecule has 0 radical (unpaired) electrons. The van der Waals surface area contributed by atoms with Gasteiger partial charge in [-0.05, 0) is 25.1 Å². The van der Waals surface area contributed by atoms with E-state index in [0.717, 1.165) is 17.1 Å². The normalized spacial score (nSPS) is 10.8. The molecule has 0 aliphatic rings. The van der Waals surface area contributed by atoms with Gasteiger partial charge in [-0.15, -0.1) is 0 Å². The van der Waals surface area contributed by atoms with Gasteiger partial charge in [-0.25, -0.2) is 4.98 Å². The molecule has 0 saturated heterocycles. The van der Waals surface area contributed by atoms with Crippen molar-refractivity contribution in [2.24, 2.45) is 4.99 Å². The molecule has 2 aromatic rings. The van der Waals surface area contributed by atoms with Gasteiger partial charge in [0.1, 0.15) is 0 Å². The molecule has 0 atom stereocenters. The fraction of sp³-hybridized carbons (Fsp3) is 0.368. The zero-order valence-electron chi connectivity index (χ0n) is 15.6. The fourth-order valence-corrected chi connectivity index (χ4v) is 4.27. The third-order valence-electron chi connectivity index (χ3n) is 3.36. The molecular formula is C19H25Br2FeN2OP. The van der Waals surface area contributed by atoms with Crippen molar-refractivity contribution in [3.05, 3.63) is 54.2 Å². The van der Waals surface area contributed by atoms with Crippen LogP contribution in [0.1, 0.15) is 40.3 Å². The fourth-order valence-electron chi connectivity index (χ4n) is 2.34. The molecule has 0 unspecified atom stereocenters. The number of rotatable bonds is 6. The summed E-state index contributed by atoms with van der Waals surface area (Å²) < 4.78 is 6.18. The first kappa shape index (κ1) is 28.0. The van der Waals surface area contributed by atoms with Crippen molar-refractivity contribution < 1.29 is 55.6 Å². The first-order chi connectivity index (χ1) is 11.0. The van der Waals surface area contributed by atoms with Gasteiger partial charge in [-0.1, -0.05) is 52.0 Å². The number of hydrogen-bond donors (Lipinski definition) is 0. The van der Waals surface area contributed by atoms with E-state index in [2.05, 4.69) is 37.7 Å². The van der Waals surface area contributed by atoms with Crippen LogP contribution in [-0.2, 0) is 17.1 Å². The van der Waals surface area contributed by atoms with E-state index in [1.807, 2.05) is 55.5 Å². The maximum absolute atomic E-state index is 6.18. The van der Waals surface area contributed by atoms with Crippen LogP contribution in [0.15, 0.2) is 53.5 Å². The van der Waals surface area contributed by atoms with Crippen molar-refractivity contribution in [2.45, 2.75) is 45.9 Å². The van der Waals surface area contributed by atoms with Gasteiger partial charge in [0.2, 0.25) is 5.88 Å². The van der Waals surface area contributed by atoms with Gasteiger partial charge >= 0.3 is 17.1 Å². The molecule has 1 aromatic carbocycles. The second kappa shape index (κ2) is 13.8. The smallest absolute Gasteiger partial charge is 1.00 e. The summed E-state index contributed by atoms with van der Waals surface area (Å²) in [6, 6.07) is 15.8. The average Bonchev–Trinajstić information content (AvgIpc) is 2.53. The largest absolute Gasteiger partial charge is 2.00 e. The molecule has 3 nitrogen and oxygen atoms in total. The summed E-state index contributed by atoms with van der Waals surface area (Å²) in [5.74, 6) is 0.693. The van der Waals surface area contributed by atoms with Crippen molar-refractivity contribution >= 4 is 19.5 Å². The summed E-state index contributed by atoms with van der Waals surface area (Å²) in [5, 5.41) is 0. The SMILES string of the molecule is CC(=Nc1ccccc1)c1cccc(OP(C(C)C)C(C)C)n1.[Br-].[Br-].[Fe+2]. The third kappa shape index (κ3) is 8.63. The summed E-state index contributed by atoms with van der Waals surface area (Å²) in [5.41, 5.74) is 3.70. The second-order valence-electron chi connectivity index (χ2n) is 6.03. The molecule has 0 amide bonds. The summed E-state index contributed by atoms with van der Waals surface area (Å²) in [7, 11) is -0.537. The summed E-state index contributed by atoms with van der Waals surface area (Å²) >= 11 is 0. The Morgan fingerprint density at radius 2 is 1.50 bits per heavy atom. The number of nitrogens with zero attached hydrogens (tertiary/aromatic N) is 2. The molecule has 1 aromatic heterocycles. The molecule has 0 spiro atoms. The Balaban J connectivity index is 0. The molecule has 0 bridgehead atoms. The zero-order chi connectivity index (χ0) is 16.8. The van der Waals surface area contributed by atoms with E-state index in [-0.39, 0.29) is 51.0 Å². The first-order valence-corrected chi connectivity index (χ1v) is 9.41. The van der Waals surface area contributed by atoms with Crippen LogP contribution < -0.4 is 38.5 Å². The molecule has 0 aliphatic carbocycles. The summed E-state index contributed by atoms with van der Waals surface area (Å²) in [4.78, 5) is 9.26. The molecular weight excluding hydrogens is 519 g/mol. The Labute approximate surface area is 190 Å². The zero-order valence-corrected chi connectivity index (χ0v) is 20.8. The quantitative estimate of drug-likeness (QED) is 0.288. The first-order valence-electron chi connectivity index (χ1n) is 8.01. The number of aromatic nitrogens is 1. The Morgan fingerprint density at radius 3 is 2.04 bits per heavy atom. The maximum atomic E-state index is 6.18. The van der Waals surface area contributed by atoms with Crippen molar-refractivity contribution in [1.29, 1.82) is 0 Å². The number of pyridine rings is 1. The van der Waals surface area contributed by atoms with Crippen LogP contribution in [0.5, 0.6) is 5.88 Å². The van der Waals surface area contributed by atoms with Crippen LogP contribution in [-0.4, -0.2) is 22.0 Å². The summed E-state index contributed by atoms with van der Waals surface area (Å²) in [6.07, 6.45) is 0. The van der Waals surface area contributed by atoms with Gasteiger partial charge in [0.15, 0.2) is 0 Å². The number of hydrogen-bond acceptors (Lipinski definition) is 3. The van der Waals surface area contributed by atoms with Crippen molar-refractivity contribution in [1.82, 2.24) is 4.98 Å². The molecule has 0 saturated carbocycles. The van der Waals surface area contributed by atoms with Crippen LogP contribution in [0.2, 0.25) is 0 Å². The number of aliphatic imine (C=N–C) groups is 1. The molecule has 0 aliphatic heterocycles. The van der Waals surface area contributed by atoms with Crippen LogP contribution in [0.3, 0.4) is 0 Å². The standard InChI is InChI=1S/C19H25N2OP.2BrH.Fe/c1-14(2)23(15(3)4)22-19-13-9-12-18(21-19)16(5)20-17-10-7-6-8-11-17;;;/h6-15H,1-5H3;2*1H;/q;;;+2/p-2. The number of benzene rings is 1. The van der Waals surface area contributed by atoms with E-state index >= 15 is 0 Å². The van der Waals surface area contributed by atoms with Gasteiger partial charge in [-0.3, -0.25) is 4.99 Å². The average molecular weight is 544 g/mol. The molecule has 144 valence electrons. The van der Waals surface area contributed by atoms with Gasteiger partial charge in [-0.2, -0.15) is 0 Å². The van der Waals surface area contributed by atoms with Crippen LogP contribution in [0.4, 0.5) is 5.69 Å². The van der Waals surface area contributed by atoms with Gasteiger partial charge in [0.25, 0.3) is 0 Å². The Hall–Kier alpha value is -0.251. The van der Waals surface area contributed by atoms with Gasteiger partial charge in [0.05, 0.1) is 25.2 Å². The van der Waals surface area contributed by atoms with Crippen molar-refractivity contribution in [3.63, 3.8) is 0 Å². The maximum Gasteiger partial charge on any atom is 2.00 e. The van der Waals surface area contributed by atoms with Gasteiger partial charge < -0.3 is 38.5 Å². The van der Waals surface area contributed by atoms with Crippen molar-refractivity contribution in [2.75, 3.05) is 0 Å². The van der Waals surface area contributed by atoms with Crippen LogP contribution in [0, 0.1) is 0 Å². The minimum Gasteiger partial charge on any atom is -1.00 e. The van der Waals surface area contributed by atoms with Gasteiger partial charge in [0, 0.05) is 17.4 Å². The Morgan fingerprint density at radius 1 is 0.923 bits per heavy atom. The third-order valence-corrected chi connectivity index (χ3v) is 5.80. The molecule has 26 heavy (non-hydrogen) atoms. The van der Waals surface area contributed by atoms with Crippen LogP contribution in [0.25, 0.3) is 0 Å². The van der Waals surface area contributed by atoms with E-state index < -0.39 is 8.15 Å². The molecule has 1 heterocycles. The molecule has 7 heteroatoms. The van der Waals surface area contributed by atoms with E-state index in [9.17, 15) is 0 Å². The predicted molar refractivity (Wildman–Crippen MR) is 100 cm³/mol. The number of halogens is 2. The van der Waals surface area contributed by atoms with E-state index in [4.69, 9.17) is 4.52 Å². The topological polar surface area (TPSA) is 34.5 Å². The van der Waals surface area contributed by atoms with E-state index in [0.29, 0.717) is 17.2 Å². The number of para-hydroxylation sites is 1. The molecule has 2 rings (SSSR count).